The van der Waals surface area contributed by atoms with Crippen molar-refractivity contribution in [3.63, 3.8) is 0 Å². The van der Waals surface area contributed by atoms with E-state index in [2.05, 4.69) is 22.5 Å². The van der Waals surface area contributed by atoms with Crippen LogP contribution in [0, 0.1) is 0 Å². The van der Waals surface area contributed by atoms with E-state index in [-0.39, 0.29) is 12.4 Å². The third kappa shape index (κ3) is 6.01. The highest BCUT2D eigenvalue weighted by molar-refractivity contribution is 9.09. The normalized spacial score (nSPS) is 12.5. The molecule has 0 bridgehead atoms. The van der Waals surface area contributed by atoms with E-state index in [1.165, 1.54) is 18.2 Å². The summed E-state index contributed by atoms with van der Waals surface area (Å²) < 4.78 is 12.5. The van der Waals surface area contributed by atoms with E-state index in [1.54, 1.807) is 0 Å². The van der Waals surface area contributed by atoms with Crippen LogP contribution in [-0.2, 0) is 0 Å². The highest BCUT2D eigenvalue weighted by atomic mass is 79.9. The third-order valence-electron chi connectivity index (χ3n) is 0.953. The molecule has 0 rings (SSSR count). The fourth-order valence-electron chi connectivity index (χ4n) is 0.392. The second kappa shape index (κ2) is 6.31. The van der Waals surface area contributed by atoms with Gasteiger partial charge in [0.05, 0.1) is 6.61 Å². The minimum absolute atomic E-state index is 0.141. The van der Waals surface area contributed by atoms with E-state index in [9.17, 15) is 4.39 Å². The molecule has 1 nitrogen and oxygen atoms in total. The average molecular weight is 221 g/mol. The minimum Gasteiger partial charge on any atom is -0.392 e. The lowest BCUT2D eigenvalue weighted by molar-refractivity contribution is 0.335. The van der Waals surface area contributed by atoms with Gasteiger partial charge in [0.2, 0.25) is 0 Å². The maximum Gasteiger partial charge on any atom is 0.120 e. The van der Waals surface area contributed by atoms with E-state index < -0.39 is 0 Å². The molecule has 0 saturated carbocycles. The van der Waals surface area contributed by atoms with Gasteiger partial charge < -0.3 is 5.11 Å². The van der Waals surface area contributed by atoms with Gasteiger partial charge in [0.1, 0.15) is 5.83 Å². The number of halogens is 2. The van der Waals surface area contributed by atoms with E-state index in [4.69, 9.17) is 5.11 Å². The number of allylic oxidation sites excluding steroid dienone is 3. The predicted octanol–water partition coefficient (Wildman–Crippen LogP) is 2.34. The molecule has 11 heavy (non-hydrogen) atoms. The van der Waals surface area contributed by atoms with E-state index in [0.717, 1.165) is 0 Å². The Morgan fingerprint density at radius 1 is 1.55 bits per heavy atom. The number of aliphatic hydroxyl groups is 1. The fraction of sp³-hybridized carbons (Fsp3) is 0.250. The van der Waals surface area contributed by atoms with Crippen molar-refractivity contribution in [2.45, 2.75) is 0 Å². The molecule has 0 aliphatic heterocycles. The van der Waals surface area contributed by atoms with Crippen molar-refractivity contribution >= 4 is 15.9 Å². The topological polar surface area (TPSA) is 20.2 Å². The van der Waals surface area contributed by atoms with Gasteiger partial charge in [-0.05, 0) is 17.7 Å². The molecule has 62 valence electrons. The summed E-state index contributed by atoms with van der Waals surface area (Å²) in [5.74, 6) is -0.337. The molecule has 0 atom stereocenters. The van der Waals surface area contributed by atoms with Crippen molar-refractivity contribution in [1.82, 2.24) is 0 Å². The van der Waals surface area contributed by atoms with Crippen molar-refractivity contribution in [2.75, 3.05) is 11.9 Å². The van der Waals surface area contributed by atoms with E-state index in [1.807, 2.05) is 0 Å². The summed E-state index contributed by atoms with van der Waals surface area (Å²) in [6.45, 7) is 3.32. The van der Waals surface area contributed by atoms with Crippen molar-refractivity contribution in [1.29, 1.82) is 0 Å². The van der Waals surface area contributed by atoms with Crippen LogP contribution in [0.25, 0.3) is 0 Å². The van der Waals surface area contributed by atoms with Crippen LogP contribution in [0.3, 0.4) is 0 Å². The molecule has 0 amide bonds. The Balaban J connectivity index is 3.92. The second-order valence-corrected chi connectivity index (χ2v) is 2.54. The molecule has 0 aromatic rings. The van der Waals surface area contributed by atoms with Crippen molar-refractivity contribution in [3.05, 3.63) is 36.2 Å². The largest absolute Gasteiger partial charge is 0.392 e. The van der Waals surface area contributed by atoms with Crippen LogP contribution in [0.1, 0.15) is 0 Å². The number of hydrogen-bond donors (Lipinski definition) is 1. The number of rotatable bonds is 4. The van der Waals surface area contributed by atoms with Gasteiger partial charge in [-0.25, -0.2) is 4.39 Å². The molecule has 0 spiro atoms. The summed E-state index contributed by atoms with van der Waals surface area (Å²) in [5.41, 5.74) is 0.489. The van der Waals surface area contributed by atoms with Gasteiger partial charge in [0.15, 0.2) is 0 Å². The summed E-state index contributed by atoms with van der Waals surface area (Å²) in [6.07, 6.45) is 4.08. The molecule has 0 fully saturated rings. The first-order valence-corrected chi connectivity index (χ1v) is 4.21. The van der Waals surface area contributed by atoms with Gasteiger partial charge in [-0.2, -0.15) is 0 Å². The molecule has 0 aromatic carbocycles. The van der Waals surface area contributed by atoms with E-state index >= 15 is 0 Å². The summed E-state index contributed by atoms with van der Waals surface area (Å²) in [4.78, 5) is 0. The van der Waals surface area contributed by atoms with Crippen LogP contribution in [0.5, 0.6) is 0 Å². The molecule has 0 saturated heterocycles. The molecular weight excluding hydrogens is 211 g/mol. The lowest BCUT2D eigenvalue weighted by atomic mass is 10.3. The Kier molecular flexibility index (Phi) is 6.07. The molecule has 0 aliphatic carbocycles. The maximum atomic E-state index is 12.5. The van der Waals surface area contributed by atoms with Gasteiger partial charge in [-0.1, -0.05) is 28.6 Å². The van der Waals surface area contributed by atoms with Gasteiger partial charge in [-0.3, -0.25) is 0 Å². The van der Waals surface area contributed by atoms with Crippen molar-refractivity contribution in [2.24, 2.45) is 0 Å². The second-order valence-electron chi connectivity index (χ2n) is 1.89. The standard InChI is InChI=1S/C8H10BrFO/c1-7(6-11)2-3-8(10)4-5-9/h2-4,11H,1,5-6H2/b3-2-,8-4+. The van der Waals surface area contributed by atoms with Crippen LogP contribution >= 0.6 is 15.9 Å². The summed E-state index contributed by atoms with van der Waals surface area (Å²) >= 11 is 3.05. The lowest BCUT2D eigenvalue weighted by Crippen LogP contribution is -1.81. The monoisotopic (exact) mass is 220 g/mol. The zero-order chi connectivity index (χ0) is 8.69. The molecule has 1 N–H and O–H groups in total. The Morgan fingerprint density at radius 3 is 2.64 bits per heavy atom. The molecule has 3 heteroatoms. The Hall–Kier alpha value is -0.410. The molecule has 0 heterocycles. The van der Waals surface area contributed by atoms with Gasteiger partial charge in [0.25, 0.3) is 0 Å². The third-order valence-corrected chi connectivity index (χ3v) is 1.28. The van der Waals surface area contributed by atoms with Crippen molar-refractivity contribution in [3.8, 4) is 0 Å². The first-order valence-electron chi connectivity index (χ1n) is 3.09. The Bertz CT molecular complexity index is 185. The zero-order valence-electron chi connectivity index (χ0n) is 6.06. The van der Waals surface area contributed by atoms with Crippen LogP contribution in [0.4, 0.5) is 4.39 Å². The van der Waals surface area contributed by atoms with Gasteiger partial charge in [-0.15, -0.1) is 0 Å². The average Bonchev–Trinajstić information content (AvgIpc) is 2.01. The quantitative estimate of drug-likeness (QED) is 0.570. The Morgan fingerprint density at radius 2 is 2.18 bits per heavy atom. The fourth-order valence-corrected chi connectivity index (χ4v) is 0.701. The first kappa shape index (κ1) is 10.6. The van der Waals surface area contributed by atoms with Crippen LogP contribution < -0.4 is 0 Å². The highest BCUT2D eigenvalue weighted by Crippen LogP contribution is 2.02. The predicted molar refractivity (Wildman–Crippen MR) is 48.4 cm³/mol. The molecule has 0 aromatic heterocycles. The van der Waals surface area contributed by atoms with Gasteiger partial charge in [0, 0.05) is 5.33 Å². The molecular formula is C8H10BrFO. The zero-order valence-corrected chi connectivity index (χ0v) is 7.64. The molecule has 0 unspecified atom stereocenters. The number of aliphatic hydroxyl groups excluding tert-OH is 1. The van der Waals surface area contributed by atoms with Crippen molar-refractivity contribution < 1.29 is 9.50 Å². The number of alkyl halides is 1. The highest BCUT2D eigenvalue weighted by Gasteiger charge is 1.86. The first-order chi connectivity index (χ1) is 5.20. The maximum absolute atomic E-state index is 12.5. The lowest BCUT2D eigenvalue weighted by Gasteiger charge is -1.89. The van der Waals surface area contributed by atoms with E-state index in [0.29, 0.717) is 10.9 Å². The SMILES string of the molecule is C=C(/C=C\C(F)=C/CBr)CO. The minimum atomic E-state index is -0.337. The van der Waals surface area contributed by atoms with Crippen LogP contribution in [0.15, 0.2) is 36.2 Å². The van der Waals surface area contributed by atoms with Gasteiger partial charge >= 0.3 is 0 Å². The van der Waals surface area contributed by atoms with Crippen LogP contribution in [0.2, 0.25) is 0 Å². The smallest absolute Gasteiger partial charge is 0.120 e. The summed E-state index contributed by atoms with van der Waals surface area (Å²) in [6, 6.07) is 0. The molecule has 0 radical (unpaired) electrons. The Labute approximate surface area is 74.1 Å². The summed E-state index contributed by atoms with van der Waals surface area (Å²) in [5, 5.41) is 8.96. The summed E-state index contributed by atoms with van der Waals surface area (Å²) in [7, 11) is 0. The number of hydrogen-bond acceptors (Lipinski definition) is 1. The van der Waals surface area contributed by atoms with Crippen LogP contribution in [-0.4, -0.2) is 17.0 Å². The molecule has 0 aliphatic rings.